The van der Waals surface area contributed by atoms with Crippen LogP contribution in [0.1, 0.15) is 16.1 Å². The highest BCUT2D eigenvalue weighted by Crippen LogP contribution is 2.33. The Morgan fingerprint density at radius 2 is 1.94 bits per heavy atom. The second-order valence-corrected chi connectivity index (χ2v) is 6.70. The summed E-state index contributed by atoms with van der Waals surface area (Å²) in [4.78, 5) is 20.9. The Hall–Kier alpha value is -3.66. The molecule has 0 saturated heterocycles. The maximum Gasteiger partial charge on any atom is 0.433 e. The van der Waals surface area contributed by atoms with Gasteiger partial charge in [-0.1, -0.05) is 11.6 Å². The number of halogens is 4. The van der Waals surface area contributed by atoms with Crippen molar-refractivity contribution in [2.24, 2.45) is 0 Å². The molecule has 11 heteroatoms. The first-order valence-corrected chi connectivity index (χ1v) is 9.18. The molecule has 4 rings (SSSR count). The van der Waals surface area contributed by atoms with Gasteiger partial charge in [0.15, 0.2) is 16.5 Å². The van der Waals surface area contributed by atoms with Crippen molar-refractivity contribution >= 4 is 28.8 Å². The van der Waals surface area contributed by atoms with Gasteiger partial charge in [-0.2, -0.15) is 18.3 Å². The Labute approximate surface area is 178 Å². The van der Waals surface area contributed by atoms with Crippen molar-refractivity contribution in [3.63, 3.8) is 0 Å². The largest absolute Gasteiger partial charge is 0.497 e. The molecule has 7 nitrogen and oxygen atoms in total. The molecule has 158 valence electrons. The molecule has 0 aliphatic heterocycles. The van der Waals surface area contributed by atoms with Gasteiger partial charge in [0.2, 0.25) is 0 Å². The molecule has 31 heavy (non-hydrogen) atoms. The highest BCUT2D eigenvalue weighted by Gasteiger charge is 2.36. The summed E-state index contributed by atoms with van der Waals surface area (Å²) in [5.41, 5.74) is -0.829. The number of rotatable bonds is 4. The van der Waals surface area contributed by atoms with Gasteiger partial charge in [-0.05, 0) is 42.5 Å². The number of methoxy groups -OCH3 is 1. The second-order valence-electron chi connectivity index (χ2n) is 6.34. The van der Waals surface area contributed by atoms with Crippen LogP contribution < -0.4 is 10.1 Å². The van der Waals surface area contributed by atoms with Crippen LogP contribution in [0.4, 0.5) is 18.9 Å². The molecule has 3 heterocycles. The van der Waals surface area contributed by atoms with Crippen LogP contribution >= 0.6 is 11.6 Å². The van der Waals surface area contributed by atoms with Crippen molar-refractivity contribution in [1.29, 1.82) is 0 Å². The number of hydrogen-bond donors (Lipinski definition) is 1. The number of nitrogens with one attached hydrogen (secondary N) is 1. The molecule has 0 fully saturated rings. The third-order valence-electron chi connectivity index (χ3n) is 4.40. The predicted molar refractivity (Wildman–Crippen MR) is 107 cm³/mol. The molecule has 3 aromatic heterocycles. The Bertz CT molecular complexity index is 1270. The van der Waals surface area contributed by atoms with Crippen molar-refractivity contribution in [3.8, 4) is 17.0 Å². The van der Waals surface area contributed by atoms with E-state index in [0.717, 1.165) is 12.3 Å². The molecule has 4 aromatic rings. The first-order chi connectivity index (χ1) is 14.8. The average Bonchev–Trinajstić information content (AvgIpc) is 3.18. The molecule has 0 unspecified atom stereocenters. The van der Waals surface area contributed by atoms with E-state index in [4.69, 9.17) is 16.3 Å². The van der Waals surface area contributed by atoms with E-state index in [0.29, 0.717) is 15.8 Å². The topological polar surface area (TPSA) is 81.4 Å². The van der Waals surface area contributed by atoms with E-state index in [1.165, 1.54) is 19.4 Å². The fourth-order valence-electron chi connectivity index (χ4n) is 2.90. The smallest absolute Gasteiger partial charge is 0.433 e. The normalized spacial score (nSPS) is 11.5. The summed E-state index contributed by atoms with van der Waals surface area (Å²) in [5, 5.41) is 6.29. The highest BCUT2D eigenvalue weighted by molar-refractivity contribution is 6.32. The van der Waals surface area contributed by atoms with Gasteiger partial charge < -0.3 is 10.1 Å². The monoisotopic (exact) mass is 447 g/mol. The summed E-state index contributed by atoms with van der Waals surface area (Å²) in [5.74, 6) is -0.184. The van der Waals surface area contributed by atoms with Crippen LogP contribution in [-0.2, 0) is 6.18 Å². The van der Waals surface area contributed by atoms with Crippen molar-refractivity contribution in [2.75, 3.05) is 12.4 Å². The van der Waals surface area contributed by atoms with E-state index in [1.54, 1.807) is 30.3 Å². The number of amides is 1. The van der Waals surface area contributed by atoms with E-state index in [2.05, 4.69) is 20.4 Å². The van der Waals surface area contributed by atoms with E-state index in [1.807, 2.05) is 0 Å². The van der Waals surface area contributed by atoms with Gasteiger partial charge in [0.1, 0.15) is 11.3 Å². The zero-order chi connectivity index (χ0) is 22.2. The zero-order valence-corrected chi connectivity index (χ0v) is 16.6. The molecule has 1 N–H and O–H groups in total. The van der Waals surface area contributed by atoms with E-state index in [-0.39, 0.29) is 27.7 Å². The van der Waals surface area contributed by atoms with Crippen molar-refractivity contribution in [2.45, 2.75) is 6.18 Å². The molecule has 0 aliphatic carbocycles. The van der Waals surface area contributed by atoms with E-state index < -0.39 is 17.8 Å². The summed E-state index contributed by atoms with van der Waals surface area (Å²) in [7, 11) is 1.48. The van der Waals surface area contributed by atoms with Crippen LogP contribution in [0.5, 0.6) is 5.75 Å². The predicted octanol–water partition coefficient (Wildman–Crippen LogP) is 4.72. The Morgan fingerprint density at radius 1 is 1.19 bits per heavy atom. The standard InChI is InChI=1S/C20H13ClF3N5O2/c1-31-12-6-4-11(5-7-12)15-9-16(20(22,23)24)29-18(27-15)13(10-26-29)19(30)28-14-3-2-8-25-17(14)21/h2-10H,1H3,(H,28,30). The van der Waals surface area contributed by atoms with Crippen molar-refractivity contribution in [1.82, 2.24) is 19.6 Å². The van der Waals surface area contributed by atoms with E-state index in [9.17, 15) is 18.0 Å². The Balaban J connectivity index is 1.84. The lowest BCUT2D eigenvalue weighted by Crippen LogP contribution is -2.16. The Kier molecular flexibility index (Phi) is 5.24. The Morgan fingerprint density at radius 3 is 2.58 bits per heavy atom. The summed E-state index contributed by atoms with van der Waals surface area (Å²) in [6.45, 7) is 0. The first kappa shape index (κ1) is 20.6. The number of anilines is 1. The average molecular weight is 448 g/mol. The maximum atomic E-state index is 13.7. The lowest BCUT2D eigenvalue weighted by atomic mass is 10.1. The number of pyridine rings is 1. The van der Waals surface area contributed by atoms with Gasteiger partial charge in [0, 0.05) is 11.8 Å². The quantitative estimate of drug-likeness (QED) is 0.458. The fourth-order valence-corrected chi connectivity index (χ4v) is 3.07. The van der Waals surface area contributed by atoms with Crippen molar-refractivity contribution in [3.05, 3.63) is 71.3 Å². The minimum Gasteiger partial charge on any atom is -0.497 e. The van der Waals surface area contributed by atoms with Crippen LogP contribution in [0.15, 0.2) is 54.9 Å². The molecule has 0 aliphatic rings. The molecule has 0 spiro atoms. The molecule has 0 radical (unpaired) electrons. The summed E-state index contributed by atoms with van der Waals surface area (Å²) in [6.07, 6.45) is -2.27. The van der Waals surface area contributed by atoms with Crippen LogP contribution in [0.25, 0.3) is 16.9 Å². The molecular weight excluding hydrogens is 435 g/mol. The summed E-state index contributed by atoms with van der Waals surface area (Å²) < 4.78 is 46.8. The lowest BCUT2D eigenvalue weighted by Gasteiger charge is -2.12. The van der Waals surface area contributed by atoms with Crippen LogP contribution in [-0.4, -0.2) is 32.6 Å². The number of nitrogens with zero attached hydrogens (tertiary/aromatic N) is 4. The third kappa shape index (κ3) is 4.02. The molecule has 1 aromatic carbocycles. The maximum absolute atomic E-state index is 13.7. The SMILES string of the molecule is COc1ccc(-c2cc(C(F)(F)F)n3ncc(C(=O)Nc4cccnc4Cl)c3n2)cc1. The van der Waals surface area contributed by atoms with Gasteiger partial charge in [-0.25, -0.2) is 14.5 Å². The lowest BCUT2D eigenvalue weighted by molar-refractivity contribution is -0.142. The number of benzene rings is 1. The number of alkyl halides is 3. The number of carbonyl (C=O) groups excluding carboxylic acids is 1. The number of fused-ring (bicyclic) bond motifs is 1. The van der Waals surface area contributed by atoms with Gasteiger partial charge in [-0.15, -0.1) is 0 Å². The van der Waals surface area contributed by atoms with Gasteiger partial charge in [0.05, 0.1) is 24.7 Å². The van der Waals surface area contributed by atoms with Crippen molar-refractivity contribution < 1.29 is 22.7 Å². The minimum absolute atomic E-state index is 0.0245. The number of carbonyl (C=O) groups is 1. The molecule has 0 bridgehead atoms. The summed E-state index contributed by atoms with van der Waals surface area (Å²) >= 11 is 5.94. The van der Waals surface area contributed by atoms with E-state index >= 15 is 0 Å². The number of ether oxygens (including phenoxy) is 1. The van der Waals surface area contributed by atoms with Crippen LogP contribution in [0.2, 0.25) is 5.15 Å². The number of hydrogen-bond acceptors (Lipinski definition) is 5. The van der Waals surface area contributed by atoms with Crippen LogP contribution in [0, 0.1) is 0 Å². The number of aromatic nitrogens is 4. The highest BCUT2D eigenvalue weighted by atomic mass is 35.5. The fraction of sp³-hybridized carbons (Fsp3) is 0.100. The molecular formula is C20H13ClF3N5O2. The van der Waals surface area contributed by atoms with Gasteiger partial charge in [-0.3, -0.25) is 4.79 Å². The second kappa shape index (κ2) is 7.88. The van der Waals surface area contributed by atoms with Gasteiger partial charge in [0.25, 0.3) is 5.91 Å². The van der Waals surface area contributed by atoms with Crippen LogP contribution in [0.3, 0.4) is 0 Å². The minimum atomic E-state index is -4.73. The molecule has 1 amide bonds. The summed E-state index contributed by atoms with van der Waals surface area (Å²) in [6, 6.07) is 10.3. The molecule has 0 saturated carbocycles. The third-order valence-corrected chi connectivity index (χ3v) is 4.70. The van der Waals surface area contributed by atoms with Gasteiger partial charge >= 0.3 is 6.18 Å². The zero-order valence-electron chi connectivity index (χ0n) is 15.8. The first-order valence-electron chi connectivity index (χ1n) is 8.80. The molecule has 0 atom stereocenters.